The van der Waals surface area contributed by atoms with Crippen LogP contribution in [0.4, 0.5) is 5.69 Å². The standard InChI is InChI=1S/C14H16ClN3S/c1-17-5-7-18(8-6-17)11-2-4-16-13(10-11)12-3-9-19-14(12)15/h2-4,9-10H,5-8H2,1H3. The molecule has 3 nitrogen and oxygen atoms in total. The van der Waals surface area contributed by atoms with Crippen molar-refractivity contribution in [3.63, 3.8) is 0 Å². The van der Waals surface area contributed by atoms with Crippen LogP contribution in [0.5, 0.6) is 0 Å². The van der Waals surface area contributed by atoms with Gasteiger partial charge in [0.25, 0.3) is 0 Å². The molecule has 2 aromatic rings. The summed E-state index contributed by atoms with van der Waals surface area (Å²) in [6.45, 7) is 4.35. The molecule has 0 aliphatic carbocycles. The SMILES string of the molecule is CN1CCN(c2ccnc(-c3ccsc3Cl)c2)CC1. The number of pyridine rings is 1. The molecule has 0 aromatic carbocycles. The van der Waals surface area contributed by atoms with Gasteiger partial charge in [0.15, 0.2) is 0 Å². The fourth-order valence-corrected chi connectivity index (χ4v) is 3.24. The predicted molar refractivity (Wildman–Crippen MR) is 82.3 cm³/mol. The third kappa shape index (κ3) is 2.76. The zero-order valence-electron chi connectivity index (χ0n) is 10.8. The molecule has 1 saturated heterocycles. The molecule has 3 rings (SSSR count). The molecule has 0 radical (unpaired) electrons. The van der Waals surface area contributed by atoms with Crippen molar-refractivity contribution >= 4 is 28.6 Å². The normalized spacial score (nSPS) is 16.8. The van der Waals surface area contributed by atoms with Crippen molar-refractivity contribution in [3.05, 3.63) is 34.1 Å². The number of piperazine rings is 1. The lowest BCUT2D eigenvalue weighted by Gasteiger charge is -2.34. The molecule has 0 N–H and O–H groups in total. The number of hydrogen-bond donors (Lipinski definition) is 0. The van der Waals surface area contributed by atoms with Gasteiger partial charge in [-0.3, -0.25) is 4.98 Å². The molecule has 100 valence electrons. The van der Waals surface area contributed by atoms with Crippen LogP contribution >= 0.6 is 22.9 Å². The summed E-state index contributed by atoms with van der Waals surface area (Å²) in [6, 6.07) is 6.25. The van der Waals surface area contributed by atoms with Gasteiger partial charge in [-0.05, 0) is 30.6 Å². The third-order valence-electron chi connectivity index (χ3n) is 3.51. The van der Waals surface area contributed by atoms with Crippen molar-refractivity contribution in [2.75, 3.05) is 38.1 Å². The minimum absolute atomic E-state index is 0.808. The molecule has 0 spiro atoms. The van der Waals surface area contributed by atoms with Gasteiger partial charge >= 0.3 is 0 Å². The van der Waals surface area contributed by atoms with Gasteiger partial charge in [0.05, 0.1) is 5.69 Å². The lowest BCUT2D eigenvalue weighted by molar-refractivity contribution is 0.313. The van der Waals surface area contributed by atoms with Crippen LogP contribution in [0.3, 0.4) is 0 Å². The molecule has 1 aliphatic heterocycles. The number of thiophene rings is 1. The minimum Gasteiger partial charge on any atom is -0.369 e. The van der Waals surface area contributed by atoms with E-state index in [0.717, 1.165) is 41.8 Å². The average Bonchev–Trinajstić information content (AvgIpc) is 2.86. The lowest BCUT2D eigenvalue weighted by atomic mass is 10.2. The second kappa shape index (κ2) is 5.49. The van der Waals surface area contributed by atoms with E-state index in [1.807, 2.05) is 17.6 Å². The van der Waals surface area contributed by atoms with Crippen LogP contribution in [0, 0.1) is 0 Å². The molecule has 0 bridgehead atoms. The molecule has 5 heteroatoms. The summed E-state index contributed by atoms with van der Waals surface area (Å²) in [4.78, 5) is 9.20. The molecule has 0 unspecified atom stereocenters. The van der Waals surface area contributed by atoms with Gasteiger partial charge in [0.2, 0.25) is 0 Å². The lowest BCUT2D eigenvalue weighted by Crippen LogP contribution is -2.44. The number of likely N-dealkylation sites (N-methyl/N-ethyl adjacent to an activating group) is 1. The van der Waals surface area contributed by atoms with E-state index in [4.69, 9.17) is 11.6 Å². The van der Waals surface area contributed by atoms with Crippen LogP contribution in [0.2, 0.25) is 4.34 Å². The smallest absolute Gasteiger partial charge is 0.102 e. The van der Waals surface area contributed by atoms with Crippen molar-refractivity contribution in [2.45, 2.75) is 0 Å². The van der Waals surface area contributed by atoms with Crippen LogP contribution in [0.25, 0.3) is 11.3 Å². The molecular weight excluding hydrogens is 278 g/mol. The number of hydrogen-bond acceptors (Lipinski definition) is 4. The first-order chi connectivity index (χ1) is 9.24. The number of rotatable bonds is 2. The number of anilines is 1. The molecule has 0 atom stereocenters. The summed E-state index contributed by atoms with van der Waals surface area (Å²) in [7, 11) is 2.17. The minimum atomic E-state index is 0.808. The predicted octanol–water partition coefficient (Wildman–Crippen LogP) is 3.22. The highest BCUT2D eigenvalue weighted by Crippen LogP contribution is 2.32. The van der Waals surface area contributed by atoms with Gasteiger partial charge in [-0.1, -0.05) is 11.6 Å². The van der Waals surface area contributed by atoms with E-state index in [2.05, 4.69) is 34.0 Å². The highest BCUT2D eigenvalue weighted by molar-refractivity contribution is 7.15. The summed E-state index contributed by atoms with van der Waals surface area (Å²) in [5.41, 5.74) is 3.23. The van der Waals surface area contributed by atoms with Crippen molar-refractivity contribution in [2.24, 2.45) is 0 Å². The molecule has 1 fully saturated rings. The summed E-state index contributed by atoms with van der Waals surface area (Å²) >= 11 is 7.74. The zero-order chi connectivity index (χ0) is 13.2. The largest absolute Gasteiger partial charge is 0.369 e. The Morgan fingerprint density at radius 3 is 2.68 bits per heavy atom. The molecule has 2 aromatic heterocycles. The van der Waals surface area contributed by atoms with E-state index in [1.54, 1.807) is 11.3 Å². The van der Waals surface area contributed by atoms with Gasteiger partial charge in [-0.25, -0.2) is 0 Å². The van der Waals surface area contributed by atoms with Crippen molar-refractivity contribution in [1.29, 1.82) is 0 Å². The summed E-state index contributed by atoms with van der Waals surface area (Å²) in [5.74, 6) is 0. The summed E-state index contributed by atoms with van der Waals surface area (Å²) < 4.78 is 0.808. The molecule has 0 saturated carbocycles. The Bertz CT molecular complexity index is 561. The zero-order valence-corrected chi connectivity index (χ0v) is 12.4. The van der Waals surface area contributed by atoms with Crippen LogP contribution in [-0.4, -0.2) is 43.1 Å². The number of halogens is 1. The Kier molecular flexibility index (Phi) is 3.73. The van der Waals surface area contributed by atoms with E-state index in [9.17, 15) is 0 Å². The Morgan fingerprint density at radius 2 is 2.00 bits per heavy atom. The van der Waals surface area contributed by atoms with Crippen LogP contribution in [0.15, 0.2) is 29.8 Å². The Balaban J connectivity index is 1.86. The monoisotopic (exact) mass is 293 g/mol. The maximum Gasteiger partial charge on any atom is 0.102 e. The van der Waals surface area contributed by atoms with Gasteiger partial charge in [0, 0.05) is 43.6 Å². The fraction of sp³-hybridized carbons (Fsp3) is 0.357. The van der Waals surface area contributed by atoms with E-state index in [1.165, 1.54) is 5.69 Å². The van der Waals surface area contributed by atoms with E-state index in [-0.39, 0.29) is 0 Å². The van der Waals surface area contributed by atoms with Crippen LogP contribution < -0.4 is 4.90 Å². The maximum atomic E-state index is 6.19. The highest BCUT2D eigenvalue weighted by atomic mass is 35.5. The molecule has 19 heavy (non-hydrogen) atoms. The van der Waals surface area contributed by atoms with E-state index < -0.39 is 0 Å². The fourth-order valence-electron chi connectivity index (χ4n) is 2.30. The molecular formula is C14H16ClN3S. The second-order valence-electron chi connectivity index (χ2n) is 4.80. The first-order valence-corrected chi connectivity index (χ1v) is 7.63. The van der Waals surface area contributed by atoms with Crippen LogP contribution in [0.1, 0.15) is 0 Å². The number of aromatic nitrogens is 1. The average molecular weight is 294 g/mol. The van der Waals surface area contributed by atoms with Crippen molar-refractivity contribution < 1.29 is 0 Å². The Labute approximate surface area is 122 Å². The Morgan fingerprint density at radius 1 is 1.21 bits per heavy atom. The molecule has 1 aliphatic rings. The van der Waals surface area contributed by atoms with Crippen LogP contribution in [-0.2, 0) is 0 Å². The van der Waals surface area contributed by atoms with E-state index in [0.29, 0.717) is 0 Å². The molecule has 3 heterocycles. The van der Waals surface area contributed by atoms with Crippen molar-refractivity contribution in [3.8, 4) is 11.3 Å². The number of nitrogens with zero attached hydrogens (tertiary/aromatic N) is 3. The van der Waals surface area contributed by atoms with Gasteiger partial charge < -0.3 is 9.80 Å². The summed E-state index contributed by atoms with van der Waals surface area (Å²) in [6.07, 6.45) is 1.87. The first-order valence-electron chi connectivity index (χ1n) is 6.37. The maximum absolute atomic E-state index is 6.19. The summed E-state index contributed by atoms with van der Waals surface area (Å²) in [5, 5.41) is 2.00. The second-order valence-corrected chi connectivity index (χ2v) is 6.32. The van der Waals surface area contributed by atoms with Gasteiger partial charge in [0.1, 0.15) is 4.34 Å². The first kappa shape index (κ1) is 12.9. The quantitative estimate of drug-likeness (QED) is 0.847. The van der Waals surface area contributed by atoms with Gasteiger partial charge in [-0.15, -0.1) is 11.3 Å². The molecule has 0 amide bonds. The van der Waals surface area contributed by atoms with Gasteiger partial charge in [-0.2, -0.15) is 0 Å². The topological polar surface area (TPSA) is 19.4 Å². The third-order valence-corrected chi connectivity index (χ3v) is 4.68. The van der Waals surface area contributed by atoms with Crippen molar-refractivity contribution in [1.82, 2.24) is 9.88 Å². The van der Waals surface area contributed by atoms with E-state index >= 15 is 0 Å². The Hall–Kier alpha value is -1.10. The highest BCUT2D eigenvalue weighted by Gasteiger charge is 2.15.